The number of amides is 1. The van der Waals surface area contributed by atoms with Crippen LogP contribution in [0.2, 0.25) is 0 Å². The lowest BCUT2D eigenvalue weighted by Gasteiger charge is -2.24. The van der Waals surface area contributed by atoms with E-state index in [1.807, 2.05) is 6.92 Å². The predicted molar refractivity (Wildman–Crippen MR) is 72.0 cm³/mol. The van der Waals surface area contributed by atoms with Crippen molar-refractivity contribution in [3.8, 4) is 0 Å². The summed E-state index contributed by atoms with van der Waals surface area (Å²) < 4.78 is 13.7. The van der Waals surface area contributed by atoms with Crippen LogP contribution in [-0.2, 0) is 0 Å². The average molecular weight is 266 g/mol. The van der Waals surface area contributed by atoms with E-state index in [1.54, 1.807) is 17.0 Å². The fraction of sp³-hybridized carbons (Fsp3) is 0.385. The van der Waals surface area contributed by atoms with Crippen molar-refractivity contribution >= 4 is 23.1 Å². The third-order valence-electron chi connectivity index (χ3n) is 3.19. The Morgan fingerprint density at radius 3 is 2.94 bits per heavy atom. The molecule has 1 aromatic rings. The minimum absolute atomic E-state index is 0.0955. The second kappa shape index (κ2) is 5.02. The smallest absolute Gasteiger partial charge is 0.257 e. The maximum atomic E-state index is 13.7. The van der Waals surface area contributed by atoms with Gasteiger partial charge in [0.25, 0.3) is 5.91 Å². The molecule has 0 spiro atoms. The minimum Gasteiger partial charge on any atom is -0.392 e. The van der Waals surface area contributed by atoms with E-state index in [4.69, 9.17) is 18.0 Å². The molecule has 1 heterocycles. The van der Waals surface area contributed by atoms with Crippen LogP contribution >= 0.6 is 12.2 Å². The molecule has 96 valence electrons. The Bertz CT molecular complexity index is 504. The number of aryl methyl sites for hydroxylation is 1. The zero-order valence-electron chi connectivity index (χ0n) is 10.1. The summed E-state index contributed by atoms with van der Waals surface area (Å²) in [5.74, 6) is -0.828. The van der Waals surface area contributed by atoms with Gasteiger partial charge in [-0.05, 0) is 31.9 Å². The Hall–Kier alpha value is -1.49. The maximum absolute atomic E-state index is 13.7. The summed E-state index contributed by atoms with van der Waals surface area (Å²) >= 11 is 4.95. The third-order valence-corrected chi connectivity index (χ3v) is 3.47. The number of rotatable bonds is 2. The van der Waals surface area contributed by atoms with E-state index in [0.29, 0.717) is 11.5 Å². The van der Waals surface area contributed by atoms with Crippen molar-refractivity contribution in [3.63, 3.8) is 0 Å². The summed E-state index contributed by atoms with van der Waals surface area (Å²) in [6.07, 6.45) is 1.61. The number of benzene rings is 1. The first-order valence-electron chi connectivity index (χ1n) is 5.87. The number of carbonyl (C=O) groups is 1. The fourth-order valence-electron chi connectivity index (χ4n) is 2.26. The second-order valence-corrected chi connectivity index (χ2v) is 5.01. The Balaban J connectivity index is 2.31. The minimum atomic E-state index is -0.501. The van der Waals surface area contributed by atoms with Gasteiger partial charge in [-0.15, -0.1) is 0 Å². The Morgan fingerprint density at radius 2 is 2.28 bits per heavy atom. The van der Waals surface area contributed by atoms with E-state index in [0.717, 1.165) is 18.4 Å². The van der Waals surface area contributed by atoms with Crippen molar-refractivity contribution in [1.82, 2.24) is 4.90 Å². The van der Waals surface area contributed by atoms with Gasteiger partial charge in [0.1, 0.15) is 5.82 Å². The van der Waals surface area contributed by atoms with Crippen molar-refractivity contribution in [2.75, 3.05) is 6.54 Å². The van der Waals surface area contributed by atoms with Crippen molar-refractivity contribution in [2.45, 2.75) is 25.8 Å². The monoisotopic (exact) mass is 266 g/mol. The average Bonchev–Trinajstić information content (AvgIpc) is 2.80. The van der Waals surface area contributed by atoms with Crippen LogP contribution in [0.15, 0.2) is 18.2 Å². The van der Waals surface area contributed by atoms with Crippen LogP contribution in [0.3, 0.4) is 0 Å². The molecule has 0 aliphatic carbocycles. The molecule has 1 saturated heterocycles. The van der Waals surface area contributed by atoms with Crippen molar-refractivity contribution < 1.29 is 9.18 Å². The molecule has 0 bridgehead atoms. The number of thiocarbonyl (C=S) groups is 1. The quantitative estimate of drug-likeness (QED) is 0.833. The van der Waals surface area contributed by atoms with Crippen LogP contribution in [0, 0.1) is 12.7 Å². The molecular weight excluding hydrogens is 251 g/mol. The molecule has 5 heteroatoms. The van der Waals surface area contributed by atoms with Gasteiger partial charge >= 0.3 is 0 Å². The van der Waals surface area contributed by atoms with Crippen LogP contribution in [0.4, 0.5) is 4.39 Å². The molecule has 2 rings (SSSR count). The SMILES string of the molecule is Cc1ccc(F)c(C(=O)N2CCCC2C(N)=S)c1. The van der Waals surface area contributed by atoms with E-state index >= 15 is 0 Å². The molecule has 1 amide bonds. The predicted octanol–water partition coefficient (Wildman–Crippen LogP) is 2.02. The van der Waals surface area contributed by atoms with Gasteiger partial charge in [0.15, 0.2) is 0 Å². The van der Waals surface area contributed by atoms with Crippen molar-refractivity contribution in [2.24, 2.45) is 5.73 Å². The Morgan fingerprint density at radius 1 is 1.56 bits per heavy atom. The van der Waals surface area contributed by atoms with E-state index in [-0.39, 0.29) is 17.5 Å². The van der Waals surface area contributed by atoms with E-state index in [1.165, 1.54) is 6.07 Å². The molecule has 18 heavy (non-hydrogen) atoms. The summed E-state index contributed by atoms with van der Waals surface area (Å²) in [6.45, 7) is 2.40. The van der Waals surface area contributed by atoms with Gasteiger partial charge in [0.05, 0.1) is 16.6 Å². The van der Waals surface area contributed by atoms with Crippen LogP contribution in [0.1, 0.15) is 28.8 Å². The largest absolute Gasteiger partial charge is 0.392 e. The van der Waals surface area contributed by atoms with Gasteiger partial charge in [-0.1, -0.05) is 23.8 Å². The first kappa shape index (κ1) is 13.0. The normalized spacial score (nSPS) is 19.0. The summed E-state index contributed by atoms with van der Waals surface area (Å²) in [7, 11) is 0. The lowest BCUT2D eigenvalue weighted by Crippen LogP contribution is -2.43. The maximum Gasteiger partial charge on any atom is 0.257 e. The molecular formula is C13H15FN2OS. The highest BCUT2D eigenvalue weighted by molar-refractivity contribution is 7.80. The van der Waals surface area contributed by atoms with Gasteiger partial charge < -0.3 is 10.6 Å². The summed E-state index contributed by atoms with van der Waals surface area (Å²) in [5, 5.41) is 0. The summed E-state index contributed by atoms with van der Waals surface area (Å²) in [4.78, 5) is 14.2. The molecule has 0 aromatic heterocycles. The number of nitrogens with two attached hydrogens (primary N) is 1. The van der Waals surface area contributed by atoms with Crippen LogP contribution in [0.25, 0.3) is 0 Å². The van der Waals surface area contributed by atoms with E-state index in [2.05, 4.69) is 0 Å². The Kier molecular flexibility index (Phi) is 3.61. The van der Waals surface area contributed by atoms with Crippen LogP contribution in [0.5, 0.6) is 0 Å². The highest BCUT2D eigenvalue weighted by Gasteiger charge is 2.32. The zero-order valence-corrected chi connectivity index (χ0v) is 11.0. The second-order valence-electron chi connectivity index (χ2n) is 4.54. The van der Waals surface area contributed by atoms with E-state index < -0.39 is 5.82 Å². The number of nitrogens with zero attached hydrogens (tertiary/aromatic N) is 1. The number of halogens is 1. The molecule has 1 aliphatic rings. The Labute approximate surface area is 111 Å². The van der Waals surface area contributed by atoms with Gasteiger partial charge in [0, 0.05) is 6.54 Å². The number of hydrogen-bond acceptors (Lipinski definition) is 2. The zero-order chi connectivity index (χ0) is 13.3. The number of hydrogen-bond donors (Lipinski definition) is 1. The lowest BCUT2D eigenvalue weighted by molar-refractivity contribution is 0.0765. The van der Waals surface area contributed by atoms with Gasteiger partial charge in [-0.3, -0.25) is 4.79 Å². The molecule has 2 N–H and O–H groups in total. The van der Waals surface area contributed by atoms with Gasteiger partial charge in [-0.2, -0.15) is 0 Å². The molecule has 1 aromatic carbocycles. The molecule has 3 nitrogen and oxygen atoms in total. The summed E-state index contributed by atoms with van der Waals surface area (Å²) in [5.41, 5.74) is 6.56. The molecule has 1 unspecified atom stereocenters. The van der Waals surface area contributed by atoms with Crippen molar-refractivity contribution in [3.05, 3.63) is 35.1 Å². The molecule has 0 radical (unpaired) electrons. The summed E-state index contributed by atoms with van der Waals surface area (Å²) in [6, 6.07) is 4.27. The fourth-order valence-corrected chi connectivity index (χ4v) is 2.51. The van der Waals surface area contributed by atoms with Gasteiger partial charge in [0.2, 0.25) is 0 Å². The molecule has 0 saturated carbocycles. The van der Waals surface area contributed by atoms with Crippen molar-refractivity contribution in [1.29, 1.82) is 0 Å². The molecule has 1 aliphatic heterocycles. The van der Waals surface area contributed by atoms with Gasteiger partial charge in [-0.25, -0.2) is 4.39 Å². The topological polar surface area (TPSA) is 46.3 Å². The van der Waals surface area contributed by atoms with Crippen LogP contribution in [-0.4, -0.2) is 28.4 Å². The molecule has 1 atom stereocenters. The number of carbonyl (C=O) groups excluding carboxylic acids is 1. The lowest BCUT2D eigenvalue weighted by atomic mass is 10.1. The third kappa shape index (κ3) is 2.36. The highest BCUT2D eigenvalue weighted by Crippen LogP contribution is 2.22. The first-order chi connectivity index (χ1) is 8.50. The number of likely N-dealkylation sites (tertiary alicyclic amines) is 1. The standard InChI is InChI=1S/C13H15FN2OS/c1-8-4-5-10(14)9(7-8)13(17)16-6-2-3-11(16)12(15)18/h4-5,7,11H,2-3,6H2,1H3,(H2,15,18). The first-order valence-corrected chi connectivity index (χ1v) is 6.28. The highest BCUT2D eigenvalue weighted by atomic mass is 32.1. The van der Waals surface area contributed by atoms with Crippen LogP contribution < -0.4 is 5.73 Å². The molecule has 1 fully saturated rings. The van der Waals surface area contributed by atoms with E-state index in [9.17, 15) is 9.18 Å².